The third-order valence-corrected chi connectivity index (χ3v) is 3.92. The van der Waals surface area contributed by atoms with Crippen molar-refractivity contribution >= 4 is 21.8 Å². The Kier molecular flexibility index (Phi) is 5.39. The Morgan fingerprint density at radius 1 is 1.19 bits per heavy atom. The number of amides is 1. The van der Waals surface area contributed by atoms with E-state index < -0.39 is 0 Å². The van der Waals surface area contributed by atoms with Crippen molar-refractivity contribution in [3.8, 4) is 5.75 Å². The quantitative estimate of drug-likeness (QED) is 0.887. The molecular weight excluding hydrogens is 330 g/mol. The Bertz CT molecular complexity index is 628. The molecule has 21 heavy (non-hydrogen) atoms. The van der Waals surface area contributed by atoms with Crippen molar-refractivity contribution in [2.24, 2.45) is 0 Å². The number of para-hydroxylation sites is 1. The fourth-order valence-corrected chi connectivity index (χ4v) is 2.68. The van der Waals surface area contributed by atoms with E-state index in [1.54, 1.807) is 0 Å². The largest absolute Gasteiger partial charge is 0.484 e. The van der Waals surface area contributed by atoms with Crippen LogP contribution in [0.25, 0.3) is 0 Å². The van der Waals surface area contributed by atoms with Gasteiger partial charge in [-0.25, -0.2) is 0 Å². The lowest BCUT2D eigenvalue weighted by molar-refractivity contribution is -0.123. The van der Waals surface area contributed by atoms with Gasteiger partial charge in [0.05, 0.1) is 6.04 Å². The van der Waals surface area contributed by atoms with Crippen LogP contribution in [-0.2, 0) is 4.79 Å². The van der Waals surface area contributed by atoms with Gasteiger partial charge in [0.25, 0.3) is 5.91 Å². The number of benzene rings is 2. The van der Waals surface area contributed by atoms with Gasteiger partial charge in [-0.05, 0) is 37.1 Å². The van der Waals surface area contributed by atoms with Crippen LogP contribution in [0.3, 0.4) is 0 Å². The number of nitrogens with one attached hydrogen (secondary N) is 1. The highest BCUT2D eigenvalue weighted by Crippen LogP contribution is 2.22. The van der Waals surface area contributed by atoms with Crippen LogP contribution < -0.4 is 10.1 Å². The Labute approximate surface area is 133 Å². The average molecular weight is 348 g/mol. The molecule has 0 spiro atoms. The number of halogens is 1. The summed E-state index contributed by atoms with van der Waals surface area (Å²) in [6, 6.07) is 15.4. The van der Waals surface area contributed by atoms with E-state index in [-0.39, 0.29) is 18.6 Å². The molecule has 0 aliphatic rings. The van der Waals surface area contributed by atoms with Gasteiger partial charge in [-0.2, -0.15) is 0 Å². The maximum Gasteiger partial charge on any atom is 0.258 e. The summed E-state index contributed by atoms with van der Waals surface area (Å²) in [5, 5.41) is 2.93. The maximum absolute atomic E-state index is 12.0. The Morgan fingerprint density at radius 3 is 2.57 bits per heavy atom. The second kappa shape index (κ2) is 7.27. The van der Waals surface area contributed by atoms with Crippen molar-refractivity contribution < 1.29 is 9.53 Å². The predicted molar refractivity (Wildman–Crippen MR) is 87.4 cm³/mol. The van der Waals surface area contributed by atoms with Gasteiger partial charge in [-0.15, -0.1) is 0 Å². The summed E-state index contributed by atoms with van der Waals surface area (Å²) >= 11 is 3.49. The van der Waals surface area contributed by atoms with Crippen molar-refractivity contribution in [2.75, 3.05) is 6.61 Å². The SMILES string of the molecule is Cc1ccccc1OCC(=O)N[C@@H](C)c1ccccc1Br. The molecule has 0 radical (unpaired) electrons. The van der Waals surface area contributed by atoms with Crippen LogP contribution in [0, 0.1) is 6.92 Å². The summed E-state index contributed by atoms with van der Waals surface area (Å²) in [7, 11) is 0. The molecule has 0 aromatic heterocycles. The minimum Gasteiger partial charge on any atom is -0.484 e. The average Bonchev–Trinajstić information content (AvgIpc) is 2.46. The topological polar surface area (TPSA) is 38.3 Å². The highest BCUT2D eigenvalue weighted by Gasteiger charge is 2.12. The van der Waals surface area contributed by atoms with Crippen LogP contribution in [0.1, 0.15) is 24.1 Å². The Hall–Kier alpha value is -1.81. The van der Waals surface area contributed by atoms with Gasteiger partial charge in [-0.1, -0.05) is 52.3 Å². The summed E-state index contributed by atoms with van der Waals surface area (Å²) in [4.78, 5) is 12.0. The summed E-state index contributed by atoms with van der Waals surface area (Å²) in [6.45, 7) is 3.92. The Balaban J connectivity index is 1.90. The first-order valence-corrected chi connectivity index (χ1v) is 7.59. The molecule has 3 nitrogen and oxygen atoms in total. The highest BCUT2D eigenvalue weighted by molar-refractivity contribution is 9.10. The molecule has 2 rings (SSSR count). The lowest BCUT2D eigenvalue weighted by atomic mass is 10.1. The van der Waals surface area contributed by atoms with Gasteiger partial charge < -0.3 is 10.1 Å². The van der Waals surface area contributed by atoms with Crippen molar-refractivity contribution in [2.45, 2.75) is 19.9 Å². The van der Waals surface area contributed by atoms with E-state index in [1.807, 2.05) is 62.4 Å². The summed E-state index contributed by atoms with van der Waals surface area (Å²) in [5.41, 5.74) is 2.06. The standard InChI is InChI=1S/C17H18BrNO2/c1-12-7-3-6-10-16(12)21-11-17(20)19-13(2)14-8-4-5-9-15(14)18/h3-10,13H,11H2,1-2H3,(H,19,20)/t13-/m0/s1. The molecule has 1 amide bonds. The van der Waals surface area contributed by atoms with E-state index in [2.05, 4.69) is 21.2 Å². The van der Waals surface area contributed by atoms with Gasteiger partial charge in [0.2, 0.25) is 0 Å². The Morgan fingerprint density at radius 2 is 1.86 bits per heavy atom. The van der Waals surface area contributed by atoms with Crippen LogP contribution in [-0.4, -0.2) is 12.5 Å². The normalized spacial score (nSPS) is 11.8. The van der Waals surface area contributed by atoms with E-state index in [4.69, 9.17) is 4.74 Å². The molecule has 0 saturated heterocycles. The van der Waals surface area contributed by atoms with E-state index in [0.717, 1.165) is 21.3 Å². The van der Waals surface area contributed by atoms with E-state index in [1.165, 1.54) is 0 Å². The number of hydrogen-bond acceptors (Lipinski definition) is 2. The molecule has 0 bridgehead atoms. The van der Waals surface area contributed by atoms with E-state index in [0.29, 0.717) is 0 Å². The van der Waals surface area contributed by atoms with Gasteiger partial charge in [0.15, 0.2) is 6.61 Å². The van der Waals surface area contributed by atoms with Crippen LogP contribution >= 0.6 is 15.9 Å². The van der Waals surface area contributed by atoms with E-state index >= 15 is 0 Å². The minimum atomic E-state index is -0.137. The van der Waals surface area contributed by atoms with Crippen LogP contribution in [0.4, 0.5) is 0 Å². The fraction of sp³-hybridized carbons (Fsp3) is 0.235. The van der Waals surface area contributed by atoms with Crippen molar-refractivity contribution in [3.05, 3.63) is 64.1 Å². The molecule has 4 heteroatoms. The molecular formula is C17H18BrNO2. The summed E-state index contributed by atoms with van der Waals surface area (Å²) < 4.78 is 6.53. The number of carbonyl (C=O) groups is 1. The lowest BCUT2D eigenvalue weighted by Crippen LogP contribution is -2.31. The second-order valence-corrected chi connectivity index (χ2v) is 5.72. The van der Waals surface area contributed by atoms with Crippen molar-refractivity contribution in [3.63, 3.8) is 0 Å². The molecule has 0 fully saturated rings. The first-order chi connectivity index (χ1) is 10.1. The smallest absolute Gasteiger partial charge is 0.258 e. The monoisotopic (exact) mass is 347 g/mol. The number of rotatable bonds is 5. The summed E-state index contributed by atoms with van der Waals surface area (Å²) in [6.07, 6.45) is 0. The highest BCUT2D eigenvalue weighted by atomic mass is 79.9. The van der Waals surface area contributed by atoms with E-state index in [9.17, 15) is 4.79 Å². The minimum absolute atomic E-state index is 0.0135. The first-order valence-electron chi connectivity index (χ1n) is 6.80. The molecule has 0 aliphatic heterocycles. The van der Waals surface area contributed by atoms with Gasteiger partial charge in [0.1, 0.15) is 5.75 Å². The number of aryl methyl sites for hydroxylation is 1. The molecule has 1 N–H and O–H groups in total. The van der Waals surface area contributed by atoms with Gasteiger partial charge >= 0.3 is 0 Å². The van der Waals surface area contributed by atoms with Crippen LogP contribution in [0.5, 0.6) is 5.75 Å². The second-order valence-electron chi connectivity index (χ2n) is 4.86. The molecule has 2 aromatic rings. The molecule has 2 aromatic carbocycles. The molecule has 0 heterocycles. The third kappa shape index (κ3) is 4.33. The zero-order valence-electron chi connectivity index (χ0n) is 12.1. The summed E-state index contributed by atoms with van der Waals surface area (Å²) in [5.74, 6) is 0.600. The van der Waals surface area contributed by atoms with Crippen LogP contribution in [0.15, 0.2) is 53.0 Å². The van der Waals surface area contributed by atoms with Gasteiger partial charge in [-0.3, -0.25) is 4.79 Å². The molecule has 0 aliphatic carbocycles. The third-order valence-electron chi connectivity index (χ3n) is 3.20. The zero-order valence-corrected chi connectivity index (χ0v) is 13.7. The maximum atomic E-state index is 12.0. The lowest BCUT2D eigenvalue weighted by Gasteiger charge is -2.16. The molecule has 0 unspecified atom stereocenters. The molecule has 1 atom stereocenters. The number of hydrogen-bond donors (Lipinski definition) is 1. The van der Waals surface area contributed by atoms with Crippen molar-refractivity contribution in [1.82, 2.24) is 5.32 Å². The zero-order chi connectivity index (χ0) is 15.2. The number of carbonyl (C=O) groups excluding carboxylic acids is 1. The first kappa shape index (κ1) is 15.6. The molecule has 0 saturated carbocycles. The fourth-order valence-electron chi connectivity index (χ4n) is 2.05. The van der Waals surface area contributed by atoms with Crippen LogP contribution in [0.2, 0.25) is 0 Å². The number of ether oxygens (including phenoxy) is 1. The van der Waals surface area contributed by atoms with Crippen molar-refractivity contribution in [1.29, 1.82) is 0 Å². The predicted octanol–water partition coefficient (Wildman–Crippen LogP) is 4.01. The molecule has 110 valence electrons. The van der Waals surface area contributed by atoms with Gasteiger partial charge in [0, 0.05) is 4.47 Å².